The highest BCUT2D eigenvalue weighted by Crippen LogP contribution is 2.26. The molecule has 0 amide bonds. The summed E-state index contributed by atoms with van der Waals surface area (Å²) in [5, 5.41) is 10.8. The van der Waals surface area contributed by atoms with E-state index < -0.39 is 0 Å². The second-order valence-electron chi connectivity index (χ2n) is 4.66. The molecule has 0 aliphatic carbocycles. The molecule has 5 nitrogen and oxygen atoms in total. The summed E-state index contributed by atoms with van der Waals surface area (Å²) in [6.45, 7) is 4.87. The van der Waals surface area contributed by atoms with Gasteiger partial charge >= 0.3 is 5.00 Å². The summed E-state index contributed by atoms with van der Waals surface area (Å²) in [7, 11) is 0. The monoisotopic (exact) mass is 255 g/mol. The predicted molar refractivity (Wildman–Crippen MR) is 68.0 cm³/mol. The summed E-state index contributed by atoms with van der Waals surface area (Å²) in [5.41, 5.74) is 6.03. The Kier molecular flexibility index (Phi) is 3.76. The van der Waals surface area contributed by atoms with Crippen molar-refractivity contribution in [3.05, 3.63) is 27.1 Å². The molecule has 6 heteroatoms. The quantitative estimate of drug-likeness (QED) is 0.660. The Morgan fingerprint density at radius 1 is 1.65 bits per heavy atom. The molecule has 2 atom stereocenters. The van der Waals surface area contributed by atoms with E-state index in [1.165, 1.54) is 11.3 Å². The molecule has 0 aromatic carbocycles. The van der Waals surface area contributed by atoms with Gasteiger partial charge in [0.05, 0.1) is 4.92 Å². The average molecular weight is 255 g/mol. The van der Waals surface area contributed by atoms with Gasteiger partial charge in [-0.25, -0.2) is 0 Å². The standard InChI is InChI=1S/C11H17N3O2S/c1-8-4-5-13(7-10(8)12)6-9-2-3-11(17-9)14(15)16/h2-3,8,10H,4-7,12H2,1H3. The number of nitro groups is 1. The van der Waals surface area contributed by atoms with Crippen molar-refractivity contribution < 1.29 is 4.92 Å². The average Bonchev–Trinajstić information content (AvgIpc) is 2.72. The van der Waals surface area contributed by atoms with Gasteiger partial charge in [0, 0.05) is 30.1 Å². The number of likely N-dealkylation sites (tertiary alicyclic amines) is 1. The van der Waals surface area contributed by atoms with E-state index in [9.17, 15) is 10.1 Å². The normalized spacial score (nSPS) is 26.0. The van der Waals surface area contributed by atoms with Crippen LogP contribution in [-0.2, 0) is 6.54 Å². The summed E-state index contributed by atoms with van der Waals surface area (Å²) in [6.07, 6.45) is 1.11. The Labute approximate surface area is 104 Å². The first-order chi connectivity index (χ1) is 8.06. The molecule has 1 aromatic rings. The van der Waals surface area contributed by atoms with Crippen LogP contribution < -0.4 is 5.73 Å². The molecule has 0 bridgehead atoms. The summed E-state index contributed by atoms with van der Waals surface area (Å²) in [5.74, 6) is 0.573. The lowest BCUT2D eigenvalue weighted by molar-refractivity contribution is -0.380. The van der Waals surface area contributed by atoms with Crippen LogP contribution in [0.2, 0.25) is 0 Å². The fourth-order valence-electron chi connectivity index (χ4n) is 2.08. The second kappa shape index (κ2) is 5.12. The Morgan fingerprint density at radius 2 is 2.41 bits per heavy atom. The molecule has 0 spiro atoms. The van der Waals surface area contributed by atoms with Crippen molar-refractivity contribution in [2.24, 2.45) is 11.7 Å². The SMILES string of the molecule is CC1CCN(Cc2ccc([N+](=O)[O-])s2)CC1N. The molecule has 1 aliphatic rings. The van der Waals surface area contributed by atoms with Crippen molar-refractivity contribution >= 4 is 16.3 Å². The van der Waals surface area contributed by atoms with Gasteiger partial charge in [0.25, 0.3) is 0 Å². The van der Waals surface area contributed by atoms with Crippen molar-refractivity contribution in [1.82, 2.24) is 4.90 Å². The first-order valence-electron chi connectivity index (χ1n) is 5.77. The van der Waals surface area contributed by atoms with Crippen LogP contribution in [0, 0.1) is 16.0 Å². The van der Waals surface area contributed by atoms with Gasteiger partial charge in [-0.3, -0.25) is 15.0 Å². The number of rotatable bonds is 3. The van der Waals surface area contributed by atoms with E-state index in [0.717, 1.165) is 30.9 Å². The zero-order valence-corrected chi connectivity index (χ0v) is 10.7. The fourth-order valence-corrected chi connectivity index (χ4v) is 2.95. The molecule has 1 aromatic heterocycles. The summed E-state index contributed by atoms with van der Waals surface area (Å²) in [4.78, 5) is 13.6. The minimum Gasteiger partial charge on any atom is -0.326 e. The molecule has 2 heterocycles. The molecule has 17 heavy (non-hydrogen) atoms. The molecule has 1 fully saturated rings. The van der Waals surface area contributed by atoms with Gasteiger partial charge in [0.1, 0.15) is 0 Å². The molecular weight excluding hydrogens is 238 g/mol. The second-order valence-corrected chi connectivity index (χ2v) is 5.81. The largest absolute Gasteiger partial charge is 0.326 e. The highest BCUT2D eigenvalue weighted by molar-refractivity contribution is 7.15. The Morgan fingerprint density at radius 3 is 3.00 bits per heavy atom. The van der Waals surface area contributed by atoms with Crippen LogP contribution in [0.4, 0.5) is 5.00 Å². The Balaban J connectivity index is 1.94. The third kappa shape index (κ3) is 3.02. The zero-order valence-electron chi connectivity index (χ0n) is 9.83. The highest BCUT2D eigenvalue weighted by atomic mass is 32.1. The summed E-state index contributed by atoms with van der Waals surface area (Å²) >= 11 is 1.26. The Bertz CT molecular complexity index is 407. The third-order valence-corrected chi connectivity index (χ3v) is 4.33. The third-order valence-electron chi connectivity index (χ3n) is 3.31. The molecule has 0 radical (unpaired) electrons. The van der Waals surface area contributed by atoms with E-state index in [1.54, 1.807) is 6.07 Å². The molecule has 1 saturated heterocycles. The van der Waals surface area contributed by atoms with Crippen LogP contribution in [-0.4, -0.2) is 29.0 Å². The molecule has 94 valence electrons. The zero-order chi connectivity index (χ0) is 12.4. The number of nitrogens with zero attached hydrogens (tertiary/aromatic N) is 2. The molecule has 1 aliphatic heterocycles. The van der Waals surface area contributed by atoms with E-state index in [-0.39, 0.29) is 16.0 Å². The molecule has 2 N–H and O–H groups in total. The molecular formula is C11H17N3O2S. The van der Waals surface area contributed by atoms with Crippen molar-refractivity contribution in [2.45, 2.75) is 25.9 Å². The van der Waals surface area contributed by atoms with Crippen LogP contribution >= 0.6 is 11.3 Å². The van der Waals surface area contributed by atoms with Crippen molar-refractivity contribution in [3.8, 4) is 0 Å². The smallest absolute Gasteiger partial charge is 0.324 e. The van der Waals surface area contributed by atoms with E-state index in [0.29, 0.717) is 5.92 Å². The summed E-state index contributed by atoms with van der Waals surface area (Å²) in [6, 6.07) is 3.64. The minimum absolute atomic E-state index is 0.217. The topological polar surface area (TPSA) is 72.4 Å². The number of hydrogen-bond acceptors (Lipinski definition) is 5. The van der Waals surface area contributed by atoms with Gasteiger partial charge in [0.15, 0.2) is 0 Å². The van der Waals surface area contributed by atoms with Crippen LogP contribution in [0.25, 0.3) is 0 Å². The van der Waals surface area contributed by atoms with Gasteiger partial charge in [-0.05, 0) is 24.9 Å². The number of nitrogens with two attached hydrogens (primary N) is 1. The van der Waals surface area contributed by atoms with Gasteiger partial charge in [-0.15, -0.1) is 0 Å². The van der Waals surface area contributed by atoms with Crippen LogP contribution in [0.1, 0.15) is 18.2 Å². The van der Waals surface area contributed by atoms with Gasteiger partial charge in [0.2, 0.25) is 0 Å². The number of piperidine rings is 1. The first-order valence-corrected chi connectivity index (χ1v) is 6.59. The lowest BCUT2D eigenvalue weighted by Crippen LogP contribution is -2.46. The maximum Gasteiger partial charge on any atom is 0.324 e. The summed E-state index contributed by atoms with van der Waals surface area (Å²) < 4.78 is 0. The van der Waals surface area contributed by atoms with E-state index in [4.69, 9.17) is 5.73 Å². The molecule has 2 rings (SSSR count). The highest BCUT2D eigenvalue weighted by Gasteiger charge is 2.23. The Hall–Kier alpha value is -0.980. The lowest BCUT2D eigenvalue weighted by Gasteiger charge is -2.34. The maximum atomic E-state index is 10.6. The molecule has 2 unspecified atom stereocenters. The van der Waals surface area contributed by atoms with Gasteiger partial charge in [-0.1, -0.05) is 18.3 Å². The van der Waals surface area contributed by atoms with Crippen molar-refractivity contribution in [1.29, 1.82) is 0 Å². The van der Waals surface area contributed by atoms with Crippen molar-refractivity contribution in [3.63, 3.8) is 0 Å². The van der Waals surface area contributed by atoms with Crippen LogP contribution in [0.5, 0.6) is 0 Å². The van der Waals surface area contributed by atoms with Gasteiger partial charge in [-0.2, -0.15) is 0 Å². The van der Waals surface area contributed by atoms with E-state index in [1.807, 2.05) is 6.07 Å². The van der Waals surface area contributed by atoms with Crippen molar-refractivity contribution in [2.75, 3.05) is 13.1 Å². The predicted octanol–water partition coefficient (Wildman–Crippen LogP) is 1.83. The van der Waals surface area contributed by atoms with E-state index in [2.05, 4.69) is 11.8 Å². The maximum absolute atomic E-state index is 10.6. The van der Waals surface area contributed by atoms with E-state index >= 15 is 0 Å². The number of hydrogen-bond donors (Lipinski definition) is 1. The fraction of sp³-hybridized carbons (Fsp3) is 0.636. The van der Waals surface area contributed by atoms with Crippen LogP contribution in [0.15, 0.2) is 12.1 Å². The minimum atomic E-state index is -0.335. The van der Waals surface area contributed by atoms with Crippen LogP contribution in [0.3, 0.4) is 0 Å². The number of thiophene rings is 1. The first kappa shape index (κ1) is 12.5. The molecule has 0 saturated carbocycles. The van der Waals surface area contributed by atoms with Gasteiger partial charge < -0.3 is 5.73 Å². The lowest BCUT2D eigenvalue weighted by atomic mass is 9.94.